The quantitative estimate of drug-likeness (QED) is 0.338. The lowest BCUT2D eigenvalue weighted by molar-refractivity contribution is 0.0757. The molecule has 8 heteroatoms. The number of nitrogens with one attached hydrogen (secondary N) is 1. The topological polar surface area (TPSA) is 75.7 Å². The Kier molecular flexibility index (Phi) is 9.32. The zero-order valence-corrected chi connectivity index (χ0v) is 21.8. The van der Waals surface area contributed by atoms with Crippen molar-refractivity contribution in [1.29, 1.82) is 0 Å². The van der Waals surface area contributed by atoms with Crippen molar-refractivity contribution in [2.24, 2.45) is 0 Å². The van der Waals surface area contributed by atoms with Crippen LogP contribution in [-0.4, -0.2) is 33.6 Å². The number of ether oxygens (including phenoxy) is 1. The maximum absolute atomic E-state index is 13.8. The van der Waals surface area contributed by atoms with E-state index in [1.54, 1.807) is 72.8 Å². The molecule has 0 saturated carbocycles. The molecule has 0 aliphatic carbocycles. The first-order valence-corrected chi connectivity index (χ1v) is 13.3. The van der Waals surface area contributed by atoms with Crippen molar-refractivity contribution in [2.45, 2.75) is 44.7 Å². The summed E-state index contributed by atoms with van der Waals surface area (Å²) >= 11 is 6.03. The zero-order valence-electron chi connectivity index (χ0n) is 20.2. The summed E-state index contributed by atoms with van der Waals surface area (Å²) in [6, 6.07) is 20.4. The van der Waals surface area contributed by atoms with Gasteiger partial charge >= 0.3 is 0 Å². The van der Waals surface area contributed by atoms with E-state index in [1.807, 2.05) is 20.8 Å². The highest BCUT2D eigenvalue weighted by molar-refractivity contribution is 7.92. The van der Waals surface area contributed by atoms with Crippen LogP contribution in [0.1, 0.15) is 41.8 Å². The van der Waals surface area contributed by atoms with E-state index in [1.165, 1.54) is 4.31 Å². The fraction of sp³-hybridized carbons (Fsp3) is 0.296. The Morgan fingerprint density at radius 3 is 2.31 bits per heavy atom. The Morgan fingerprint density at radius 1 is 1.00 bits per heavy atom. The second-order valence-electron chi connectivity index (χ2n) is 8.50. The molecule has 35 heavy (non-hydrogen) atoms. The number of amides is 1. The summed E-state index contributed by atoms with van der Waals surface area (Å²) < 4.78 is 34.4. The minimum atomic E-state index is -3.97. The molecule has 0 fully saturated rings. The monoisotopic (exact) mass is 514 g/mol. The van der Waals surface area contributed by atoms with Crippen molar-refractivity contribution in [3.05, 3.63) is 94.5 Å². The van der Waals surface area contributed by atoms with Crippen LogP contribution in [0.5, 0.6) is 0 Å². The van der Waals surface area contributed by atoms with Crippen LogP contribution in [-0.2, 0) is 21.3 Å². The largest absolute Gasteiger partial charge is 0.379 e. The average molecular weight is 515 g/mol. The molecule has 0 bridgehead atoms. The van der Waals surface area contributed by atoms with Crippen molar-refractivity contribution in [2.75, 3.05) is 17.5 Å². The van der Waals surface area contributed by atoms with E-state index in [4.69, 9.17) is 16.3 Å². The summed E-state index contributed by atoms with van der Waals surface area (Å²) in [6.07, 6.45) is 0.780. The Labute approximate surface area is 212 Å². The molecular formula is C27H31ClN2O4S. The number of rotatable bonds is 11. The standard InChI is InChI=1S/C27H31ClN2O4S/c1-20(2)34-18-6-17-29-27(31)25-7-4-5-8-26(25)30(19-22-11-13-23(28)14-12-22)35(32,33)24-15-9-21(3)10-16-24/h4-5,7-16,20H,6,17-19H2,1-3H3,(H,29,31). The summed E-state index contributed by atoms with van der Waals surface area (Å²) in [5, 5.41) is 3.44. The van der Waals surface area contributed by atoms with E-state index in [9.17, 15) is 13.2 Å². The maximum atomic E-state index is 13.8. The maximum Gasteiger partial charge on any atom is 0.264 e. The molecule has 186 valence electrons. The molecule has 0 aromatic heterocycles. The van der Waals surface area contributed by atoms with Gasteiger partial charge in [-0.25, -0.2) is 8.42 Å². The average Bonchev–Trinajstić information content (AvgIpc) is 2.83. The van der Waals surface area contributed by atoms with Gasteiger partial charge in [0.05, 0.1) is 28.8 Å². The van der Waals surface area contributed by atoms with Crippen LogP contribution in [0.25, 0.3) is 0 Å². The van der Waals surface area contributed by atoms with Crippen LogP contribution < -0.4 is 9.62 Å². The summed E-state index contributed by atoms with van der Waals surface area (Å²) in [4.78, 5) is 13.2. The summed E-state index contributed by atoms with van der Waals surface area (Å²) in [5.74, 6) is -0.342. The van der Waals surface area contributed by atoms with E-state index in [0.29, 0.717) is 30.3 Å². The van der Waals surface area contributed by atoms with Gasteiger partial charge in [0.1, 0.15) is 0 Å². The Hall–Kier alpha value is -2.87. The smallest absolute Gasteiger partial charge is 0.264 e. The molecule has 0 unspecified atom stereocenters. The molecule has 0 atom stereocenters. The van der Waals surface area contributed by atoms with Gasteiger partial charge in [0.2, 0.25) is 0 Å². The van der Waals surface area contributed by atoms with Crippen molar-refractivity contribution in [3.8, 4) is 0 Å². The number of carbonyl (C=O) groups excluding carboxylic acids is 1. The molecule has 0 spiro atoms. The number of carbonyl (C=O) groups is 1. The summed E-state index contributed by atoms with van der Waals surface area (Å²) in [5.41, 5.74) is 2.28. The first-order valence-electron chi connectivity index (χ1n) is 11.5. The Bertz CT molecular complexity index is 1230. The molecule has 6 nitrogen and oxygen atoms in total. The van der Waals surface area contributed by atoms with E-state index >= 15 is 0 Å². The minimum absolute atomic E-state index is 0.0416. The lowest BCUT2D eigenvalue weighted by Crippen LogP contribution is -2.34. The molecule has 3 aromatic rings. The van der Waals surface area contributed by atoms with Crippen molar-refractivity contribution in [3.63, 3.8) is 0 Å². The fourth-order valence-corrected chi connectivity index (χ4v) is 5.06. The second-order valence-corrected chi connectivity index (χ2v) is 10.8. The van der Waals surface area contributed by atoms with E-state index in [-0.39, 0.29) is 29.0 Å². The summed E-state index contributed by atoms with van der Waals surface area (Å²) in [6.45, 7) is 6.80. The number of para-hydroxylation sites is 1. The van der Waals surface area contributed by atoms with Crippen molar-refractivity contribution in [1.82, 2.24) is 5.32 Å². The van der Waals surface area contributed by atoms with Crippen molar-refractivity contribution < 1.29 is 17.9 Å². The molecular weight excluding hydrogens is 484 g/mol. The molecule has 0 saturated heterocycles. The normalized spacial score (nSPS) is 11.5. The number of nitrogens with zero attached hydrogens (tertiary/aromatic N) is 1. The lowest BCUT2D eigenvalue weighted by Gasteiger charge is -2.27. The van der Waals surface area contributed by atoms with Gasteiger partial charge in [0, 0.05) is 18.2 Å². The summed E-state index contributed by atoms with van der Waals surface area (Å²) in [7, 11) is -3.97. The number of aryl methyl sites for hydroxylation is 1. The molecule has 1 N–H and O–H groups in total. The Morgan fingerprint density at radius 2 is 1.66 bits per heavy atom. The minimum Gasteiger partial charge on any atom is -0.379 e. The van der Waals surface area contributed by atoms with Crippen LogP contribution in [0.2, 0.25) is 5.02 Å². The molecule has 0 radical (unpaired) electrons. The van der Waals surface area contributed by atoms with Crippen LogP contribution in [0.3, 0.4) is 0 Å². The predicted molar refractivity (Wildman–Crippen MR) is 140 cm³/mol. The molecule has 0 aliphatic rings. The number of halogens is 1. The third-order valence-electron chi connectivity index (χ3n) is 5.32. The number of hydrogen-bond acceptors (Lipinski definition) is 4. The predicted octanol–water partition coefficient (Wildman–Crippen LogP) is 5.59. The molecule has 3 aromatic carbocycles. The number of benzene rings is 3. The number of sulfonamides is 1. The van der Waals surface area contributed by atoms with Gasteiger partial charge in [-0.2, -0.15) is 0 Å². The van der Waals surface area contributed by atoms with Gasteiger partial charge in [-0.05, 0) is 69.2 Å². The lowest BCUT2D eigenvalue weighted by atomic mass is 10.1. The first-order chi connectivity index (χ1) is 16.7. The van der Waals surface area contributed by atoms with E-state index in [2.05, 4.69) is 5.32 Å². The molecule has 0 heterocycles. The number of anilines is 1. The number of hydrogen-bond donors (Lipinski definition) is 1. The van der Waals surface area contributed by atoms with Gasteiger partial charge in [-0.1, -0.05) is 53.6 Å². The van der Waals surface area contributed by atoms with E-state index in [0.717, 1.165) is 11.1 Å². The molecule has 3 rings (SSSR count). The third kappa shape index (κ3) is 7.31. The van der Waals surface area contributed by atoms with Crippen LogP contribution in [0.15, 0.2) is 77.7 Å². The highest BCUT2D eigenvalue weighted by Gasteiger charge is 2.28. The van der Waals surface area contributed by atoms with Gasteiger partial charge < -0.3 is 10.1 Å². The highest BCUT2D eigenvalue weighted by atomic mass is 35.5. The van der Waals surface area contributed by atoms with Crippen LogP contribution >= 0.6 is 11.6 Å². The fourth-order valence-electron chi connectivity index (χ4n) is 3.46. The van der Waals surface area contributed by atoms with Crippen LogP contribution in [0, 0.1) is 6.92 Å². The first kappa shape index (κ1) is 26.7. The van der Waals surface area contributed by atoms with Gasteiger partial charge in [-0.15, -0.1) is 0 Å². The highest BCUT2D eigenvalue weighted by Crippen LogP contribution is 2.29. The zero-order chi connectivity index (χ0) is 25.4. The van der Waals surface area contributed by atoms with Crippen molar-refractivity contribution >= 4 is 33.2 Å². The van der Waals surface area contributed by atoms with Gasteiger partial charge in [0.15, 0.2) is 0 Å². The Balaban J connectivity index is 1.95. The second kappa shape index (κ2) is 12.2. The van der Waals surface area contributed by atoms with E-state index < -0.39 is 10.0 Å². The van der Waals surface area contributed by atoms with Gasteiger partial charge in [-0.3, -0.25) is 9.10 Å². The third-order valence-corrected chi connectivity index (χ3v) is 7.35. The van der Waals surface area contributed by atoms with Gasteiger partial charge in [0.25, 0.3) is 15.9 Å². The molecule has 1 amide bonds. The molecule has 0 aliphatic heterocycles. The SMILES string of the molecule is Cc1ccc(S(=O)(=O)N(Cc2ccc(Cl)cc2)c2ccccc2C(=O)NCCCOC(C)C)cc1. The van der Waals surface area contributed by atoms with Crippen LogP contribution in [0.4, 0.5) is 5.69 Å².